The minimum absolute atomic E-state index is 0.0815. The number of aryl methyl sites for hydroxylation is 1. The van der Waals surface area contributed by atoms with Gasteiger partial charge in [-0.15, -0.1) is 0 Å². The standard InChI is InChI=1S/C12H12BrFO3/c1-7-6-8(2-4-10(7)14)12(17)9(13)3-5-11(15)16/h2,4,6,9H,3,5H2,1H3,(H,15,16). The van der Waals surface area contributed by atoms with Gasteiger partial charge < -0.3 is 5.11 Å². The molecule has 1 aromatic carbocycles. The van der Waals surface area contributed by atoms with E-state index in [0.717, 1.165) is 0 Å². The van der Waals surface area contributed by atoms with E-state index >= 15 is 0 Å². The zero-order chi connectivity index (χ0) is 13.0. The second kappa shape index (κ2) is 5.91. The summed E-state index contributed by atoms with van der Waals surface area (Å²) in [5.74, 6) is -1.54. The molecule has 0 saturated heterocycles. The van der Waals surface area contributed by atoms with Crippen LogP contribution >= 0.6 is 15.9 Å². The van der Waals surface area contributed by atoms with Crippen LogP contribution in [0.2, 0.25) is 0 Å². The predicted molar refractivity (Wildman–Crippen MR) is 65.1 cm³/mol. The molecule has 1 atom stereocenters. The predicted octanol–water partition coefficient (Wildman–Crippen LogP) is 2.95. The third kappa shape index (κ3) is 3.93. The highest BCUT2D eigenvalue weighted by molar-refractivity contribution is 9.10. The number of carboxylic acid groups (broad SMARTS) is 1. The van der Waals surface area contributed by atoms with E-state index in [1.807, 2.05) is 0 Å². The molecule has 0 radical (unpaired) electrons. The fourth-order valence-corrected chi connectivity index (χ4v) is 1.85. The molecule has 0 bridgehead atoms. The normalized spacial score (nSPS) is 12.2. The number of halogens is 2. The quantitative estimate of drug-likeness (QED) is 0.672. The molecule has 1 unspecified atom stereocenters. The summed E-state index contributed by atoms with van der Waals surface area (Å²) in [5, 5.41) is 8.51. The third-order valence-corrected chi connectivity index (χ3v) is 3.21. The zero-order valence-electron chi connectivity index (χ0n) is 9.24. The van der Waals surface area contributed by atoms with Crippen LogP contribution in [0.3, 0.4) is 0 Å². The molecule has 0 aliphatic carbocycles. The first kappa shape index (κ1) is 13.8. The Balaban J connectivity index is 2.74. The van der Waals surface area contributed by atoms with Gasteiger partial charge in [0.1, 0.15) is 5.82 Å². The number of carbonyl (C=O) groups excluding carboxylic acids is 1. The van der Waals surface area contributed by atoms with Gasteiger partial charge in [-0.2, -0.15) is 0 Å². The lowest BCUT2D eigenvalue weighted by atomic mass is 10.0. The molecule has 0 heterocycles. The van der Waals surface area contributed by atoms with E-state index in [1.54, 1.807) is 6.92 Å². The molecule has 0 saturated carbocycles. The first-order valence-corrected chi connectivity index (χ1v) is 5.99. The molecule has 0 aliphatic rings. The van der Waals surface area contributed by atoms with E-state index in [2.05, 4.69) is 15.9 Å². The van der Waals surface area contributed by atoms with Crippen LogP contribution in [0.25, 0.3) is 0 Å². The van der Waals surface area contributed by atoms with E-state index in [9.17, 15) is 14.0 Å². The monoisotopic (exact) mass is 302 g/mol. The molecular formula is C12H12BrFO3. The molecule has 0 aromatic heterocycles. The molecule has 92 valence electrons. The van der Waals surface area contributed by atoms with Crippen molar-refractivity contribution in [3.63, 3.8) is 0 Å². The molecule has 0 amide bonds. The highest BCUT2D eigenvalue weighted by Gasteiger charge is 2.18. The van der Waals surface area contributed by atoms with Crippen LogP contribution in [-0.4, -0.2) is 21.7 Å². The molecule has 3 nitrogen and oxygen atoms in total. The van der Waals surface area contributed by atoms with Crippen molar-refractivity contribution in [2.24, 2.45) is 0 Å². The molecule has 0 aliphatic heterocycles. The molecule has 1 N–H and O–H groups in total. The van der Waals surface area contributed by atoms with Gasteiger partial charge in [-0.3, -0.25) is 9.59 Å². The minimum atomic E-state index is -0.947. The van der Waals surface area contributed by atoms with Crippen molar-refractivity contribution >= 4 is 27.7 Å². The number of ketones is 1. The van der Waals surface area contributed by atoms with Crippen molar-refractivity contribution in [2.45, 2.75) is 24.6 Å². The molecule has 1 aromatic rings. The van der Waals surface area contributed by atoms with E-state index in [4.69, 9.17) is 5.11 Å². The summed E-state index contributed by atoms with van der Waals surface area (Å²) in [7, 11) is 0. The summed E-state index contributed by atoms with van der Waals surface area (Å²) in [5.41, 5.74) is 0.782. The number of hydrogen-bond acceptors (Lipinski definition) is 2. The van der Waals surface area contributed by atoms with Crippen molar-refractivity contribution < 1.29 is 19.1 Å². The summed E-state index contributed by atoms with van der Waals surface area (Å²) in [4.78, 5) is 21.7. The Morgan fingerprint density at radius 3 is 2.65 bits per heavy atom. The Morgan fingerprint density at radius 2 is 2.12 bits per heavy atom. The maximum absolute atomic E-state index is 13.0. The minimum Gasteiger partial charge on any atom is -0.481 e. The van der Waals surface area contributed by atoms with E-state index in [-0.39, 0.29) is 24.4 Å². The number of hydrogen-bond donors (Lipinski definition) is 1. The number of rotatable bonds is 5. The van der Waals surface area contributed by atoms with Gasteiger partial charge in [0.2, 0.25) is 0 Å². The zero-order valence-corrected chi connectivity index (χ0v) is 10.8. The van der Waals surface area contributed by atoms with Gasteiger partial charge in [-0.25, -0.2) is 4.39 Å². The van der Waals surface area contributed by atoms with Gasteiger partial charge in [0.05, 0.1) is 4.83 Å². The summed E-state index contributed by atoms with van der Waals surface area (Å²) in [6.45, 7) is 1.58. The highest BCUT2D eigenvalue weighted by atomic mass is 79.9. The Bertz CT molecular complexity index is 445. The van der Waals surface area contributed by atoms with Crippen molar-refractivity contribution in [1.82, 2.24) is 0 Å². The second-order valence-electron chi connectivity index (χ2n) is 3.73. The van der Waals surface area contributed by atoms with E-state index in [0.29, 0.717) is 11.1 Å². The van der Waals surface area contributed by atoms with Crippen molar-refractivity contribution in [1.29, 1.82) is 0 Å². The lowest BCUT2D eigenvalue weighted by Crippen LogP contribution is -2.16. The third-order valence-electron chi connectivity index (χ3n) is 2.34. The van der Waals surface area contributed by atoms with Crippen LogP contribution in [-0.2, 0) is 4.79 Å². The average molecular weight is 303 g/mol. The van der Waals surface area contributed by atoms with Crippen LogP contribution in [0.5, 0.6) is 0 Å². The summed E-state index contributed by atoms with van der Waals surface area (Å²) >= 11 is 3.14. The Morgan fingerprint density at radius 1 is 1.47 bits per heavy atom. The average Bonchev–Trinajstić information content (AvgIpc) is 2.28. The van der Waals surface area contributed by atoms with Gasteiger partial charge in [0.25, 0.3) is 0 Å². The number of carbonyl (C=O) groups is 2. The second-order valence-corrected chi connectivity index (χ2v) is 4.83. The van der Waals surface area contributed by atoms with E-state index < -0.39 is 10.8 Å². The maximum atomic E-state index is 13.0. The molecule has 5 heteroatoms. The topological polar surface area (TPSA) is 54.4 Å². The lowest BCUT2D eigenvalue weighted by Gasteiger charge is -2.08. The fourth-order valence-electron chi connectivity index (χ4n) is 1.36. The number of benzene rings is 1. The maximum Gasteiger partial charge on any atom is 0.303 e. The van der Waals surface area contributed by atoms with Gasteiger partial charge in [0, 0.05) is 12.0 Å². The molecule has 0 spiro atoms. The van der Waals surface area contributed by atoms with Crippen LogP contribution < -0.4 is 0 Å². The SMILES string of the molecule is Cc1cc(C(=O)C(Br)CCC(=O)O)ccc1F. The molecule has 17 heavy (non-hydrogen) atoms. The molecule has 1 rings (SSSR count). The van der Waals surface area contributed by atoms with Crippen molar-refractivity contribution in [3.05, 3.63) is 35.1 Å². The summed E-state index contributed by atoms with van der Waals surface area (Å²) in [6.07, 6.45) is 0.131. The van der Waals surface area contributed by atoms with Crippen LogP contribution in [0, 0.1) is 12.7 Å². The van der Waals surface area contributed by atoms with Crippen molar-refractivity contribution in [2.75, 3.05) is 0 Å². The van der Waals surface area contributed by atoms with E-state index in [1.165, 1.54) is 18.2 Å². The van der Waals surface area contributed by atoms with Crippen LogP contribution in [0.15, 0.2) is 18.2 Å². The van der Waals surface area contributed by atoms with Gasteiger partial charge in [0.15, 0.2) is 5.78 Å². The smallest absolute Gasteiger partial charge is 0.303 e. The molecule has 0 fully saturated rings. The van der Waals surface area contributed by atoms with Crippen LogP contribution in [0.1, 0.15) is 28.8 Å². The molecular weight excluding hydrogens is 291 g/mol. The largest absolute Gasteiger partial charge is 0.481 e. The van der Waals surface area contributed by atoms with Crippen LogP contribution in [0.4, 0.5) is 4.39 Å². The number of Topliss-reactive ketones (excluding diaryl/α,β-unsaturated/α-hetero) is 1. The number of alkyl halides is 1. The summed E-state index contributed by atoms with van der Waals surface area (Å²) in [6, 6.07) is 4.10. The number of aliphatic carboxylic acids is 1. The first-order valence-electron chi connectivity index (χ1n) is 5.08. The van der Waals surface area contributed by atoms with Gasteiger partial charge in [-0.1, -0.05) is 15.9 Å². The number of carboxylic acids is 1. The Hall–Kier alpha value is -1.23. The van der Waals surface area contributed by atoms with Gasteiger partial charge in [-0.05, 0) is 37.1 Å². The Labute approximate surface area is 107 Å². The lowest BCUT2D eigenvalue weighted by molar-refractivity contribution is -0.137. The van der Waals surface area contributed by atoms with Gasteiger partial charge >= 0.3 is 5.97 Å². The highest BCUT2D eigenvalue weighted by Crippen LogP contribution is 2.17. The van der Waals surface area contributed by atoms with Crippen molar-refractivity contribution in [3.8, 4) is 0 Å². The fraction of sp³-hybridized carbons (Fsp3) is 0.333. The first-order chi connectivity index (χ1) is 7.91. The Kier molecular flexibility index (Phi) is 4.81. The summed E-state index contributed by atoms with van der Waals surface area (Å²) < 4.78 is 13.0.